The Morgan fingerprint density at radius 2 is 2.05 bits per heavy atom. The summed E-state index contributed by atoms with van der Waals surface area (Å²) in [5.74, 6) is 0. The van der Waals surface area contributed by atoms with Crippen molar-refractivity contribution in [3.05, 3.63) is 29.3 Å². The van der Waals surface area contributed by atoms with E-state index in [-0.39, 0.29) is 16.4 Å². The lowest BCUT2D eigenvalue weighted by atomic mass is 10.1. The Balaban J connectivity index is 2.96. The summed E-state index contributed by atoms with van der Waals surface area (Å²) in [5, 5.41) is 0. The maximum absolute atomic E-state index is 12.4. The molecule has 0 aliphatic rings. The molecule has 0 spiro atoms. The molecule has 0 amide bonds. The molecule has 5 nitrogen and oxygen atoms in total. The molecule has 21 heavy (non-hydrogen) atoms. The molecule has 0 aliphatic heterocycles. The number of hydrogen-bond acceptors (Lipinski definition) is 4. The summed E-state index contributed by atoms with van der Waals surface area (Å²) in [6.45, 7) is 7.97. The Labute approximate surface area is 131 Å². The number of nitrogens with one attached hydrogen (secondary N) is 1. The first-order valence-corrected chi connectivity index (χ1v) is 8.52. The van der Waals surface area contributed by atoms with Gasteiger partial charge in [0, 0.05) is 18.7 Å². The molecule has 0 atom stereocenters. The second-order valence-electron chi connectivity index (χ2n) is 5.36. The number of ether oxygens (including phenoxy) is 1. The lowest BCUT2D eigenvalue weighted by molar-refractivity contribution is -0.00515. The zero-order valence-corrected chi connectivity index (χ0v) is 14.4. The Morgan fingerprint density at radius 1 is 1.43 bits per heavy atom. The molecule has 0 unspecified atom stereocenters. The Morgan fingerprint density at radius 3 is 2.52 bits per heavy atom. The van der Waals surface area contributed by atoms with Gasteiger partial charge in [-0.3, -0.25) is 0 Å². The van der Waals surface area contributed by atoms with Gasteiger partial charge in [0.25, 0.3) is 0 Å². The third kappa shape index (κ3) is 5.03. The van der Waals surface area contributed by atoms with Crippen LogP contribution in [-0.4, -0.2) is 32.2 Å². The standard InChI is InChI=1S/C14H22N2O3S2/c1-5-19-14(3,4)9-16-21(17,18)12-7-6-11(13(15)20)8-10(12)2/h6-8,16H,5,9H2,1-4H3,(H2,15,20). The van der Waals surface area contributed by atoms with Crippen molar-refractivity contribution in [1.29, 1.82) is 0 Å². The predicted octanol–water partition coefficient (Wildman–Crippen LogP) is 1.72. The van der Waals surface area contributed by atoms with Crippen molar-refractivity contribution in [3.8, 4) is 0 Å². The van der Waals surface area contributed by atoms with E-state index in [1.54, 1.807) is 19.1 Å². The summed E-state index contributed by atoms with van der Waals surface area (Å²) in [6.07, 6.45) is 0. The molecule has 0 aliphatic carbocycles. The van der Waals surface area contributed by atoms with E-state index in [0.29, 0.717) is 17.7 Å². The van der Waals surface area contributed by atoms with E-state index >= 15 is 0 Å². The summed E-state index contributed by atoms with van der Waals surface area (Å²) in [6, 6.07) is 4.79. The molecule has 0 saturated carbocycles. The van der Waals surface area contributed by atoms with Crippen molar-refractivity contribution in [2.24, 2.45) is 5.73 Å². The van der Waals surface area contributed by atoms with Crippen LogP contribution in [0.5, 0.6) is 0 Å². The molecular formula is C14H22N2O3S2. The topological polar surface area (TPSA) is 81.4 Å². The highest BCUT2D eigenvalue weighted by molar-refractivity contribution is 7.89. The van der Waals surface area contributed by atoms with Gasteiger partial charge in [-0.15, -0.1) is 0 Å². The van der Waals surface area contributed by atoms with Gasteiger partial charge in [-0.25, -0.2) is 13.1 Å². The molecule has 0 bridgehead atoms. The van der Waals surface area contributed by atoms with Crippen molar-refractivity contribution in [3.63, 3.8) is 0 Å². The van der Waals surface area contributed by atoms with E-state index in [0.717, 1.165) is 0 Å². The smallest absolute Gasteiger partial charge is 0.240 e. The predicted molar refractivity (Wildman–Crippen MR) is 88.0 cm³/mol. The second kappa shape index (κ2) is 6.83. The fraction of sp³-hybridized carbons (Fsp3) is 0.500. The molecular weight excluding hydrogens is 308 g/mol. The third-order valence-electron chi connectivity index (χ3n) is 2.97. The first kappa shape index (κ1) is 18.0. The molecule has 0 saturated heterocycles. The monoisotopic (exact) mass is 330 g/mol. The normalized spacial score (nSPS) is 12.4. The second-order valence-corrected chi connectivity index (χ2v) is 7.54. The summed E-state index contributed by atoms with van der Waals surface area (Å²) in [4.78, 5) is 0.460. The maximum Gasteiger partial charge on any atom is 0.240 e. The Bertz CT molecular complexity index is 625. The minimum atomic E-state index is -3.60. The minimum Gasteiger partial charge on any atom is -0.389 e. The first-order valence-electron chi connectivity index (χ1n) is 6.63. The Hall–Kier alpha value is -1.02. The highest BCUT2D eigenvalue weighted by atomic mass is 32.2. The van der Waals surface area contributed by atoms with Crippen LogP contribution in [0.1, 0.15) is 31.9 Å². The van der Waals surface area contributed by atoms with Gasteiger partial charge in [-0.05, 0) is 45.4 Å². The van der Waals surface area contributed by atoms with Gasteiger partial charge in [-0.1, -0.05) is 18.3 Å². The van der Waals surface area contributed by atoms with E-state index < -0.39 is 15.6 Å². The SMILES string of the molecule is CCOC(C)(C)CNS(=O)(=O)c1ccc(C(N)=S)cc1C. The number of benzene rings is 1. The summed E-state index contributed by atoms with van der Waals surface area (Å²) in [7, 11) is -3.60. The average Bonchev–Trinajstić information content (AvgIpc) is 2.36. The van der Waals surface area contributed by atoms with Gasteiger partial charge >= 0.3 is 0 Å². The fourth-order valence-electron chi connectivity index (χ4n) is 1.89. The number of aryl methyl sites for hydroxylation is 1. The molecule has 1 aromatic carbocycles. The van der Waals surface area contributed by atoms with Crippen LogP contribution in [-0.2, 0) is 14.8 Å². The van der Waals surface area contributed by atoms with Gasteiger partial charge < -0.3 is 10.5 Å². The van der Waals surface area contributed by atoms with Gasteiger partial charge in [-0.2, -0.15) is 0 Å². The van der Waals surface area contributed by atoms with Crippen LogP contribution in [0.4, 0.5) is 0 Å². The van der Waals surface area contributed by atoms with E-state index in [4.69, 9.17) is 22.7 Å². The third-order valence-corrected chi connectivity index (χ3v) is 4.77. The average molecular weight is 330 g/mol. The van der Waals surface area contributed by atoms with Crippen LogP contribution in [0.3, 0.4) is 0 Å². The van der Waals surface area contributed by atoms with Crippen LogP contribution >= 0.6 is 12.2 Å². The van der Waals surface area contributed by atoms with Crippen molar-refractivity contribution < 1.29 is 13.2 Å². The summed E-state index contributed by atoms with van der Waals surface area (Å²) < 4.78 is 32.8. The van der Waals surface area contributed by atoms with Crippen LogP contribution < -0.4 is 10.5 Å². The van der Waals surface area contributed by atoms with E-state index in [2.05, 4.69) is 4.72 Å². The minimum absolute atomic E-state index is 0.194. The zero-order valence-electron chi connectivity index (χ0n) is 12.8. The molecule has 7 heteroatoms. The molecule has 1 rings (SSSR count). The largest absolute Gasteiger partial charge is 0.389 e. The van der Waals surface area contributed by atoms with Crippen molar-refractivity contribution in [2.45, 2.75) is 38.2 Å². The quantitative estimate of drug-likeness (QED) is 0.744. The lowest BCUT2D eigenvalue weighted by Gasteiger charge is -2.25. The Kier molecular flexibility index (Phi) is 5.86. The van der Waals surface area contributed by atoms with Gasteiger partial charge in [0.2, 0.25) is 10.0 Å². The number of sulfonamides is 1. The number of rotatable bonds is 7. The van der Waals surface area contributed by atoms with Crippen molar-refractivity contribution in [2.75, 3.05) is 13.2 Å². The number of thiocarbonyl (C=S) groups is 1. The van der Waals surface area contributed by atoms with Gasteiger partial charge in [0.1, 0.15) is 4.99 Å². The van der Waals surface area contributed by atoms with Crippen LogP contribution in [0.25, 0.3) is 0 Å². The maximum atomic E-state index is 12.4. The zero-order chi connectivity index (χ0) is 16.3. The fourth-order valence-corrected chi connectivity index (χ4v) is 3.44. The van der Waals surface area contributed by atoms with E-state index in [9.17, 15) is 8.42 Å². The molecule has 3 N–H and O–H groups in total. The highest BCUT2D eigenvalue weighted by Crippen LogP contribution is 2.18. The van der Waals surface area contributed by atoms with Crippen molar-refractivity contribution >= 4 is 27.2 Å². The first-order chi connectivity index (χ1) is 9.59. The van der Waals surface area contributed by atoms with Gasteiger partial charge in [0.05, 0.1) is 10.5 Å². The highest BCUT2D eigenvalue weighted by Gasteiger charge is 2.23. The summed E-state index contributed by atoms with van der Waals surface area (Å²) in [5.41, 5.74) is 6.23. The van der Waals surface area contributed by atoms with Crippen molar-refractivity contribution in [1.82, 2.24) is 4.72 Å². The summed E-state index contributed by atoms with van der Waals surface area (Å²) >= 11 is 4.88. The molecule has 0 radical (unpaired) electrons. The van der Waals surface area contributed by atoms with Crippen LogP contribution in [0.2, 0.25) is 0 Å². The van der Waals surface area contributed by atoms with Crippen LogP contribution in [0.15, 0.2) is 23.1 Å². The van der Waals surface area contributed by atoms with Crippen LogP contribution in [0, 0.1) is 6.92 Å². The number of nitrogens with two attached hydrogens (primary N) is 1. The lowest BCUT2D eigenvalue weighted by Crippen LogP contribution is -2.40. The molecule has 0 heterocycles. The van der Waals surface area contributed by atoms with E-state index in [1.165, 1.54) is 6.07 Å². The molecule has 0 fully saturated rings. The molecule has 118 valence electrons. The van der Waals surface area contributed by atoms with E-state index in [1.807, 2.05) is 20.8 Å². The molecule has 1 aromatic rings. The van der Waals surface area contributed by atoms with Gasteiger partial charge in [0.15, 0.2) is 0 Å². The number of hydrogen-bond donors (Lipinski definition) is 2. The molecule has 0 aromatic heterocycles.